The maximum Gasteiger partial charge on any atom is 0.331 e. The highest BCUT2D eigenvalue weighted by molar-refractivity contribution is 7.89. The van der Waals surface area contributed by atoms with Crippen LogP contribution in [-0.4, -0.2) is 27.5 Å². The number of H-pyrrole nitrogens is 1. The largest absolute Gasteiger partial charge is 0.349 e. The van der Waals surface area contributed by atoms with E-state index in [0.717, 1.165) is 11.0 Å². The second-order valence-electron chi connectivity index (χ2n) is 7.41. The van der Waals surface area contributed by atoms with Gasteiger partial charge in [-0.1, -0.05) is 25.1 Å². The predicted octanol–water partition coefficient (Wildman–Crippen LogP) is 1.98. The third-order valence-electron chi connectivity index (χ3n) is 5.22. The average molecular weight is 454 g/mol. The highest BCUT2D eigenvalue weighted by Gasteiger charge is 2.17. The standard InChI is InChI=1S/C22H23N5O4S/c1-3-12-27-19-13-18(25-20(19)21(28)26(2)22(27)29)15-7-9-17(10-8-15)32(30,31)24-14-16-6-4-5-11-23-16/h4-11,13,24-25H,3,12,14H2,1-2H3. The number of sulfonamides is 1. The van der Waals surface area contributed by atoms with Crippen molar-refractivity contribution >= 4 is 21.1 Å². The van der Waals surface area contributed by atoms with E-state index in [0.29, 0.717) is 34.5 Å². The Bertz CT molecular complexity index is 1480. The normalized spacial score (nSPS) is 11.8. The number of hydrogen-bond donors (Lipinski definition) is 2. The monoisotopic (exact) mass is 453 g/mol. The Morgan fingerprint density at radius 1 is 1.09 bits per heavy atom. The number of benzene rings is 1. The molecule has 4 rings (SSSR count). The first-order valence-electron chi connectivity index (χ1n) is 10.1. The summed E-state index contributed by atoms with van der Waals surface area (Å²) in [6.07, 6.45) is 2.35. The van der Waals surface area contributed by atoms with Gasteiger partial charge in [-0.15, -0.1) is 0 Å². The van der Waals surface area contributed by atoms with Crippen LogP contribution in [0.1, 0.15) is 19.0 Å². The lowest BCUT2D eigenvalue weighted by molar-refractivity contribution is 0.580. The second kappa shape index (κ2) is 8.56. The van der Waals surface area contributed by atoms with Crippen molar-refractivity contribution in [1.82, 2.24) is 23.8 Å². The van der Waals surface area contributed by atoms with Gasteiger partial charge in [0.05, 0.1) is 22.7 Å². The molecule has 0 saturated carbocycles. The topological polar surface area (TPSA) is 119 Å². The molecule has 0 radical (unpaired) electrons. The van der Waals surface area contributed by atoms with Gasteiger partial charge in [0.1, 0.15) is 5.52 Å². The summed E-state index contributed by atoms with van der Waals surface area (Å²) in [6, 6.07) is 13.4. The first-order chi connectivity index (χ1) is 15.3. The second-order valence-corrected chi connectivity index (χ2v) is 9.18. The minimum Gasteiger partial charge on any atom is -0.349 e. The van der Waals surface area contributed by atoms with E-state index in [9.17, 15) is 18.0 Å². The van der Waals surface area contributed by atoms with E-state index in [-0.39, 0.29) is 17.1 Å². The van der Waals surface area contributed by atoms with Crippen LogP contribution in [0, 0.1) is 0 Å². The molecule has 0 unspecified atom stereocenters. The highest BCUT2D eigenvalue weighted by atomic mass is 32.2. The maximum absolute atomic E-state index is 12.6. The van der Waals surface area contributed by atoms with Crippen LogP contribution < -0.4 is 16.0 Å². The molecule has 166 valence electrons. The molecule has 2 N–H and O–H groups in total. The van der Waals surface area contributed by atoms with Crippen LogP contribution in [0.4, 0.5) is 0 Å². The molecule has 0 spiro atoms. The van der Waals surface area contributed by atoms with Gasteiger partial charge in [0.15, 0.2) is 0 Å². The molecule has 0 aliphatic heterocycles. The molecule has 9 nitrogen and oxygen atoms in total. The first-order valence-corrected chi connectivity index (χ1v) is 11.6. The Balaban J connectivity index is 1.65. The number of rotatable bonds is 7. The predicted molar refractivity (Wildman–Crippen MR) is 122 cm³/mol. The molecule has 1 aromatic carbocycles. The van der Waals surface area contributed by atoms with Gasteiger partial charge in [0.25, 0.3) is 5.56 Å². The van der Waals surface area contributed by atoms with Gasteiger partial charge in [0.2, 0.25) is 10.0 Å². The molecule has 0 saturated heterocycles. The third-order valence-corrected chi connectivity index (χ3v) is 6.63. The fraction of sp³-hybridized carbons (Fsp3) is 0.227. The smallest absolute Gasteiger partial charge is 0.331 e. The maximum atomic E-state index is 12.6. The first kappa shape index (κ1) is 21.7. The number of nitrogens with one attached hydrogen (secondary N) is 2. The van der Waals surface area contributed by atoms with Crippen molar-refractivity contribution in [2.75, 3.05) is 0 Å². The molecule has 4 aromatic rings. The molecular weight excluding hydrogens is 430 g/mol. The van der Waals surface area contributed by atoms with Crippen molar-refractivity contribution in [2.24, 2.45) is 7.05 Å². The SMILES string of the molecule is CCCn1c(=O)n(C)c(=O)c2[nH]c(-c3ccc(S(=O)(=O)NCc4ccccn4)cc3)cc21. The number of nitrogens with zero attached hydrogens (tertiary/aromatic N) is 3. The van der Waals surface area contributed by atoms with Crippen molar-refractivity contribution in [3.8, 4) is 11.3 Å². The molecule has 0 amide bonds. The Kier molecular flexibility index (Phi) is 5.81. The van der Waals surface area contributed by atoms with Crippen molar-refractivity contribution in [2.45, 2.75) is 31.3 Å². The summed E-state index contributed by atoms with van der Waals surface area (Å²) in [6.45, 7) is 2.53. The molecule has 0 aliphatic carbocycles. The summed E-state index contributed by atoms with van der Waals surface area (Å²) in [5.74, 6) is 0. The van der Waals surface area contributed by atoms with Gasteiger partial charge in [0, 0.05) is 25.5 Å². The molecule has 0 fully saturated rings. The van der Waals surface area contributed by atoms with E-state index >= 15 is 0 Å². The van der Waals surface area contributed by atoms with Gasteiger partial charge >= 0.3 is 5.69 Å². The number of fused-ring (bicyclic) bond motifs is 1. The summed E-state index contributed by atoms with van der Waals surface area (Å²) >= 11 is 0. The van der Waals surface area contributed by atoms with Gasteiger partial charge in [-0.05, 0) is 42.3 Å². The lowest BCUT2D eigenvalue weighted by Crippen LogP contribution is -2.38. The van der Waals surface area contributed by atoms with Crippen molar-refractivity contribution in [3.63, 3.8) is 0 Å². The fourth-order valence-electron chi connectivity index (χ4n) is 3.52. The summed E-state index contributed by atoms with van der Waals surface area (Å²) in [5.41, 5.74) is 2.04. The minimum absolute atomic E-state index is 0.0885. The van der Waals surface area contributed by atoms with Crippen LogP contribution in [0.2, 0.25) is 0 Å². The van der Waals surface area contributed by atoms with Crippen molar-refractivity contribution in [3.05, 3.63) is 81.3 Å². The summed E-state index contributed by atoms with van der Waals surface area (Å²) < 4.78 is 30.4. The van der Waals surface area contributed by atoms with Crippen LogP contribution >= 0.6 is 0 Å². The van der Waals surface area contributed by atoms with E-state index in [2.05, 4.69) is 14.7 Å². The van der Waals surface area contributed by atoms with E-state index in [1.807, 2.05) is 6.92 Å². The molecule has 0 bridgehead atoms. The van der Waals surface area contributed by atoms with Gasteiger partial charge in [-0.25, -0.2) is 17.9 Å². The lowest BCUT2D eigenvalue weighted by Gasteiger charge is -2.07. The van der Waals surface area contributed by atoms with E-state index in [4.69, 9.17) is 0 Å². The number of aromatic amines is 1. The highest BCUT2D eigenvalue weighted by Crippen LogP contribution is 2.23. The number of hydrogen-bond acceptors (Lipinski definition) is 5. The zero-order chi connectivity index (χ0) is 22.9. The minimum atomic E-state index is -3.71. The number of pyridine rings is 1. The average Bonchev–Trinajstić information content (AvgIpc) is 3.25. The van der Waals surface area contributed by atoms with Gasteiger partial charge in [-0.3, -0.25) is 18.9 Å². The van der Waals surface area contributed by atoms with Crippen LogP contribution in [0.5, 0.6) is 0 Å². The lowest BCUT2D eigenvalue weighted by atomic mass is 10.1. The van der Waals surface area contributed by atoms with E-state index < -0.39 is 15.6 Å². The number of aryl methyl sites for hydroxylation is 1. The molecule has 10 heteroatoms. The molecule has 3 heterocycles. The van der Waals surface area contributed by atoms with Crippen LogP contribution in [0.25, 0.3) is 22.3 Å². The van der Waals surface area contributed by atoms with Crippen molar-refractivity contribution < 1.29 is 8.42 Å². The third kappa shape index (κ3) is 4.02. The van der Waals surface area contributed by atoms with Crippen LogP contribution in [0.15, 0.2) is 69.2 Å². The molecular formula is C22H23N5O4S. The Hall–Kier alpha value is -3.50. The zero-order valence-electron chi connectivity index (χ0n) is 17.7. The van der Waals surface area contributed by atoms with Gasteiger partial charge in [-0.2, -0.15) is 0 Å². The molecule has 0 atom stereocenters. The Morgan fingerprint density at radius 3 is 2.50 bits per heavy atom. The van der Waals surface area contributed by atoms with E-state index in [1.165, 1.54) is 19.2 Å². The van der Waals surface area contributed by atoms with Crippen molar-refractivity contribution in [1.29, 1.82) is 0 Å². The number of aromatic nitrogens is 4. The van der Waals surface area contributed by atoms with E-state index in [1.54, 1.807) is 47.2 Å². The Morgan fingerprint density at radius 2 is 1.84 bits per heavy atom. The molecule has 32 heavy (non-hydrogen) atoms. The molecule has 3 aromatic heterocycles. The van der Waals surface area contributed by atoms with Gasteiger partial charge < -0.3 is 4.98 Å². The molecule has 0 aliphatic rings. The zero-order valence-corrected chi connectivity index (χ0v) is 18.5. The quantitative estimate of drug-likeness (QED) is 0.444. The summed E-state index contributed by atoms with van der Waals surface area (Å²) in [5, 5.41) is 0. The fourth-order valence-corrected chi connectivity index (χ4v) is 4.52. The Labute approximate surface area is 184 Å². The van der Waals surface area contributed by atoms with Crippen LogP contribution in [0.3, 0.4) is 0 Å². The van der Waals surface area contributed by atoms with Crippen LogP contribution in [-0.2, 0) is 30.2 Å². The summed E-state index contributed by atoms with van der Waals surface area (Å²) in [7, 11) is -2.26. The summed E-state index contributed by atoms with van der Waals surface area (Å²) in [4.78, 5) is 32.4.